The lowest BCUT2D eigenvalue weighted by Gasteiger charge is -2.06. The Kier molecular flexibility index (Phi) is 3.46. The molecule has 1 heterocycles. The van der Waals surface area contributed by atoms with Gasteiger partial charge in [0.1, 0.15) is 10.3 Å². The second-order valence-corrected chi connectivity index (χ2v) is 6.02. The van der Waals surface area contributed by atoms with E-state index in [2.05, 4.69) is 25.9 Å². The fraction of sp³-hybridized carbons (Fsp3) is 0.286. The number of hydrogen-bond acceptors (Lipinski definition) is 2. The third-order valence-electron chi connectivity index (χ3n) is 3.19. The number of nitrogens with one attached hydrogen (secondary N) is 1. The van der Waals surface area contributed by atoms with E-state index in [4.69, 9.17) is 11.6 Å². The van der Waals surface area contributed by atoms with Crippen LogP contribution in [-0.4, -0.2) is 9.97 Å². The largest absolute Gasteiger partial charge is 0.309 e. The number of rotatable bonds is 3. The van der Waals surface area contributed by atoms with Crippen LogP contribution in [0.4, 0.5) is 0 Å². The maximum Gasteiger partial charge on any atom is 0.265 e. The summed E-state index contributed by atoms with van der Waals surface area (Å²) in [6, 6.07) is 7.58. The highest BCUT2D eigenvalue weighted by Gasteiger charge is 2.28. The van der Waals surface area contributed by atoms with Crippen molar-refractivity contribution in [3.8, 4) is 0 Å². The highest BCUT2D eigenvalue weighted by molar-refractivity contribution is 9.10. The molecule has 2 aromatic rings. The Hall–Kier alpha value is -1.13. The zero-order valence-electron chi connectivity index (χ0n) is 10.1. The van der Waals surface area contributed by atoms with Gasteiger partial charge in [-0.05, 0) is 46.5 Å². The Morgan fingerprint density at radius 1 is 1.32 bits per heavy atom. The lowest BCUT2D eigenvalue weighted by atomic mass is 10.1. The second kappa shape index (κ2) is 5.10. The molecule has 0 atom stereocenters. The number of nitrogens with zero attached hydrogens (tertiary/aromatic N) is 1. The fourth-order valence-electron chi connectivity index (χ4n) is 2.03. The molecule has 0 bridgehead atoms. The van der Waals surface area contributed by atoms with Crippen molar-refractivity contribution >= 4 is 27.5 Å². The first-order chi connectivity index (χ1) is 9.13. The fourth-order valence-corrected chi connectivity index (χ4v) is 2.67. The molecule has 1 saturated carbocycles. The van der Waals surface area contributed by atoms with Crippen molar-refractivity contribution in [1.29, 1.82) is 0 Å². The Bertz CT molecular complexity index is 662. The summed E-state index contributed by atoms with van der Waals surface area (Å²) in [7, 11) is 0. The van der Waals surface area contributed by atoms with E-state index in [0.717, 1.165) is 24.1 Å². The summed E-state index contributed by atoms with van der Waals surface area (Å²) in [5.41, 5.74) is 1.88. The van der Waals surface area contributed by atoms with Crippen LogP contribution in [0, 0.1) is 0 Å². The minimum absolute atomic E-state index is 0.0964. The maximum absolute atomic E-state index is 11.9. The molecule has 5 heteroatoms. The molecule has 3 rings (SSSR count). The Morgan fingerprint density at radius 2 is 2.00 bits per heavy atom. The summed E-state index contributed by atoms with van der Waals surface area (Å²) in [5.74, 6) is 1.15. The first-order valence-electron chi connectivity index (χ1n) is 6.16. The molecule has 1 aromatic heterocycles. The molecule has 0 aliphatic heterocycles. The number of aromatic nitrogens is 2. The Morgan fingerprint density at radius 3 is 2.63 bits per heavy atom. The van der Waals surface area contributed by atoms with Gasteiger partial charge in [0, 0.05) is 17.4 Å². The van der Waals surface area contributed by atoms with Gasteiger partial charge in [0.05, 0.1) is 5.69 Å². The monoisotopic (exact) mass is 338 g/mol. The highest BCUT2D eigenvalue weighted by Crippen LogP contribution is 2.41. The summed E-state index contributed by atoms with van der Waals surface area (Å²) in [6.45, 7) is 0. The topological polar surface area (TPSA) is 45.8 Å². The number of H-pyrrole nitrogens is 1. The van der Waals surface area contributed by atoms with Crippen LogP contribution in [0.1, 0.15) is 35.8 Å². The van der Waals surface area contributed by atoms with Gasteiger partial charge >= 0.3 is 0 Å². The van der Waals surface area contributed by atoms with Crippen LogP contribution in [0.15, 0.2) is 33.5 Å². The second-order valence-electron chi connectivity index (χ2n) is 4.79. The molecule has 1 aliphatic carbocycles. The predicted octanol–water partition coefficient (Wildman–Crippen LogP) is 3.65. The van der Waals surface area contributed by atoms with Crippen molar-refractivity contribution in [2.75, 3.05) is 0 Å². The van der Waals surface area contributed by atoms with Gasteiger partial charge in [-0.25, -0.2) is 4.98 Å². The van der Waals surface area contributed by atoms with Gasteiger partial charge in [-0.15, -0.1) is 0 Å². The summed E-state index contributed by atoms with van der Waals surface area (Å²) in [4.78, 5) is 19.3. The van der Waals surface area contributed by atoms with Crippen LogP contribution in [0.3, 0.4) is 0 Å². The van der Waals surface area contributed by atoms with E-state index in [9.17, 15) is 4.79 Å². The molecule has 1 aromatic carbocycles. The van der Waals surface area contributed by atoms with Crippen LogP contribution < -0.4 is 5.56 Å². The van der Waals surface area contributed by atoms with E-state index in [1.54, 1.807) is 0 Å². The SMILES string of the molecule is O=c1[nH]c(Cc2ccc(Cl)cc2)nc(C2CC2)c1Br. The summed E-state index contributed by atoms with van der Waals surface area (Å²) in [5, 5.41) is 0.708. The van der Waals surface area contributed by atoms with Crippen molar-refractivity contribution in [3.63, 3.8) is 0 Å². The van der Waals surface area contributed by atoms with Crippen LogP contribution in [-0.2, 0) is 6.42 Å². The molecular formula is C14H12BrClN2O. The predicted molar refractivity (Wildman–Crippen MR) is 78.8 cm³/mol. The van der Waals surface area contributed by atoms with E-state index in [1.165, 1.54) is 0 Å². The van der Waals surface area contributed by atoms with E-state index >= 15 is 0 Å². The van der Waals surface area contributed by atoms with Crippen molar-refractivity contribution in [2.24, 2.45) is 0 Å². The molecule has 0 amide bonds. The van der Waals surface area contributed by atoms with Crippen LogP contribution in [0.2, 0.25) is 5.02 Å². The quantitative estimate of drug-likeness (QED) is 0.927. The number of aromatic amines is 1. The zero-order valence-corrected chi connectivity index (χ0v) is 12.5. The Balaban J connectivity index is 1.92. The molecule has 1 N–H and O–H groups in total. The van der Waals surface area contributed by atoms with Gasteiger partial charge < -0.3 is 4.98 Å². The number of hydrogen-bond donors (Lipinski definition) is 1. The molecule has 3 nitrogen and oxygen atoms in total. The Labute approximate surface area is 124 Å². The van der Waals surface area contributed by atoms with Crippen molar-refractivity contribution < 1.29 is 0 Å². The minimum Gasteiger partial charge on any atom is -0.309 e. The van der Waals surface area contributed by atoms with Gasteiger partial charge in [0.15, 0.2) is 0 Å². The molecule has 0 unspecified atom stereocenters. The lowest BCUT2D eigenvalue weighted by Crippen LogP contribution is -2.15. The number of halogens is 2. The third kappa shape index (κ3) is 2.90. The van der Waals surface area contributed by atoms with E-state index < -0.39 is 0 Å². The first-order valence-corrected chi connectivity index (χ1v) is 7.33. The lowest BCUT2D eigenvalue weighted by molar-refractivity contribution is 0.871. The van der Waals surface area contributed by atoms with Crippen LogP contribution in [0.5, 0.6) is 0 Å². The highest BCUT2D eigenvalue weighted by atomic mass is 79.9. The third-order valence-corrected chi connectivity index (χ3v) is 4.20. The molecule has 1 fully saturated rings. The van der Waals surface area contributed by atoms with Crippen molar-refractivity contribution in [2.45, 2.75) is 25.2 Å². The number of benzene rings is 1. The van der Waals surface area contributed by atoms with Gasteiger partial charge in [0.25, 0.3) is 5.56 Å². The van der Waals surface area contributed by atoms with Crippen molar-refractivity contribution in [1.82, 2.24) is 9.97 Å². The summed E-state index contributed by atoms with van der Waals surface area (Å²) in [6.07, 6.45) is 2.85. The van der Waals surface area contributed by atoms with E-state index in [1.807, 2.05) is 24.3 Å². The van der Waals surface area contributed by atoms with Gasteiger partial charge in [-0.2, -0.15) is 0 Å². The molecular weight excluding hydrogens is 328 g/mol. The summed E-state index contributed by atoms with van der Waals surface area (Å²) >= 11 is 9.18. The molecule has 0 saturated heterocycles. The zero-order chi connectivity index (χ0) is 13.4. The maximum atomic E-state index is 11.9. The standard InChI is InChI=1S/C14H12BrClN2O/c15-12-13(9-3-4-9)17-11(18-14(12)19)7-8-1-5-10(16)6-2-8/h1-2,5-6,9H,3-4,7H2,(H,17,18,19). The van der Waals surface area contributed by atoms with E-state index in [-0.39, 0.29) is 5.56 Å². The van der Waals surface area contributed by atoms with Gasteiger partial charge in [0.2, 0.25) is 0 Å². The average molecular weight is 340 g/mol. The molecule has 1 aliphatic rings. The molecule has 0 radical (unpaired) electrons. The minimum atomic E-state index is -0.0964. The van der Waals surface area contributed by atoms with Crippen molar-refractivity contribution in [3.05, 3.63) is 61.2 Å². The van der Waals surface area contributed by atoms with Gasteiger partial charge in [-0.3, -0.25) is 4.79 Å². The smallest absolute Gasteiger partial charge is 0.265 e. The normalized spacial score (nSPS) is 14.6. The summed E-state index contributed by atoms with van der Waals surface area (Å²) < 4.78 is 0.579. The van der Waals surface area contributed by atoms with Gasteiger partial charge in [-0.1, -0.05) is 23.7 Å². The van der Waals surface area contributed by atoms with Crippen LogP contribution >= 0.6 is 27.5 Å². The average Bonchev–Trinajstić information content (AvgIpc) is 3.21. The van der Waals surface area contributed by atoms with Crippen LogP contribution in [0.25, 0.3) is 0 Å². The first kappa shape index (κ1) is 12.9. The molecule has 19 heavy (non-hydrogen) atoms. The molecule has 98 valence electrons. The molecule has 0 spiro atoms. The van der Waals surface area contributed by atoms with E-state index in [0.29, 0.717) is 27.7 Å².